The number of hydrogen-bond acceptors (Lipinski definition) is 6. The maximum atomic E-state index is 12.9. The molecule has 0 N–H and O–H groups in total. The molecule has 0 aliphatic carbocycles. The minimum absolute atomic E-state index is 0.110. The number of esters is 1. The van der Waals surface area contributed by atoms with Crippen LogP contribution in [0.25, 0.3) is 0 Å². The lowest BCUT2D eigenvalue weighted by molar-refractivity contribution is -0.0440. The standard InChI is InChI=1S/C20H30N2O5S/c1-4-21-11-5-6-18(14-21)27-20(23)17-7-9-19(10-8-17)28(24,25)22-12-15(2)26-16(3)13-22/h7-10,15-16,18H,4-6,11-14H2,1-3H3. The quantitative estimate of drug-likeness (QED) is 0.692. The lowest BCUT2D eigenvalue weighted by Gasteiger charge is -2.34. The molecule has 0 spiro atoms. The Kier molecular flexibility index (Phi) is 6.75. The molecule has 3 rings (SSSR count). The van der Waals surface area contributed by atoms with Gasteiger partial charge >= 0.3 is 5.97 Å². The van der Waals surface area contributed by atoms with Crippen LogP contribution in [-0.4, -0.2) is 74.6 Å². The van der Waals surface area contributed by atoms with Gasteiger partial charge in [-0.05, 0) is 64.0 Å². The molecule has 28 heavy (non-hydrogen) atoms. The maximum absolute atomic E-state index is 12.9. The van der Waals surface area contributed by atoms with Crippen molar-refractivity contribution in [3.63, 3.8) is 0 Å². The summed E-state index contributed by atoms with van der Waals surface area (Å²) in [5, 5.41) is 0. The molecule has 3 unspecified atom stereocenters. The molecular formula is C20H30N2O5S. The van der Waals surface area contributed by atoms with Crippen molar-refractivity contribution < 1.29 is 22.7 Å². The molecule has 2 fully saturated rings. The summed E-state index contributed by atoms with van der Waals surface area (Å²) < 4.78 is 38.5. The first-order valence-corrected chi connectivity index (χ1v) is 11.4. The van der Waals surface area contributed by atoms with Crippen LogP contribution in [0, 0.1) is 0 Å². The average molecular weight is 411 g/mol. The van der Waals surface area contributed by atoms with Crippen molar-refractivity contribution in [2.24, 2.45) is 0 Å². The molecule has 7 nitrogen and oxygen atoms in total. The summed E-state index contributed by atoms with van der Waals surface area (Å²) >= 11 is 0. The zero-order chi connectivity index (χ0) is 20.3. The topological polar surface area (TPSA) is 76.2 Å². The lowest BCUT2D eigenvalue weighted by Crippen LogP contribution is -2.48. The summed E-state index contributed by atoms with van der Waals surface area (Å²) in [4.78, 5) is 14.9. The van der Waals surface area contributed by atoms with Gasteiger partial charge in [0.15, 0.2) is 0 Å². The first-order valence-electron chi connectivity index (χ1n) is 9.98. The van der Waals surface area contributed by atoms with Gasteiger partial charge in [0, 0.05) is 19.6 Å². The largest absolute Gasteiger partial charge is 0.457 e. The van der Waals surface area contributed by atoms with Gasteiger partial charge in [-0.15, -0.1) is 0 Å². The van der Waals surface area contributed by atoms with Gasteiger partial charge in [-0.1, -0.05) is 6.92 Å². The Labute approximate surface area is 167 Å². The number of nitrogens with zero attached hydrogens (tertiary/aromatic N) is 2. The van der Waals surface area contributed by atoms with Gasteiger partial charge in [0.2, 0.25) is 10.0 Å². The van der Waals surface area contributed by atoms with E-state index in [1.807, 2.05) is 13.8 Å². The van der Waals surface area contributed by atoms with E-state index in [4.69, 9.17) is 9.47 Å². The van der Waals surface area contributed by atoms with Gasteiger partial charge in [-0.25, -0.2) is 13.2 Å². The molecule has 1 aromatic rings. The Bertz CT molecular complexity index is 770. The van der Waals surface area contributed by atoms with Crippen molar-refractivity contribution in [3.05, 3.63) is 29.8 Å². The summed E-state index contributed by atoms with van der Waals surface area (Å²) in [5.74, 6) is -0.402. The number of morpholine rings is 1. The van der Waals surface area contributed by atoms with E-state index < -0.39 is 16.0 Å². The second-order valence-electron chi connectivity index (χ2n) is 7.67. The Morgan fingerprint density at radius 2 is 1.79 bits per heavy atom. The Morgan fingerprint density at radius 1 is 1.14 bits per heavy atom. The number of ether oxygens (including phenoxy) is 2. The molecule has 0 saturated carbocycles. The number of likely N-dealkylation sites (N-methyl/N-ethyl adjacent to an activating group) is 1. The molecule has 8 heteroatoms. The van der Waals surface area contributed by atoms with E-state index in [1.165, 1.54) is 28.6 Å². The third kappa shape index (κ3) is 4.92. The van der Waals surface area contributed by atoms with Crippen molar-refractivity contribution >= 4 is 16.0 Å². The molecule has 0 aromatic heterocycles. The van der Waals surface area contributed by atoms with Gasteiger partial charge in [0.25, 0.3) is 0 Å². The molecule has 0 radical (unpaired) electrons. The summed E-state index contributed by atoms with van der Waals surface area (Å²) in [5.41, 5.74) is 0.372. The predicted octanol–water partition coefficient (Wildman–Crippen LogP) is 2.13. The van der Waals surface area contributed by atoms with E-state index in [0.29, 0.717) is 18.7 Å². The third-order valence-corrected chi connectivity index (χ3v) is 7.14. The Hall–Kier alpha value is -1.48. The number of carbonyl (C=O) groups excluding carboxylic acids is 1. The molecule has 2 aliphatic heterocycles. The predicted molar refractivity (Wildman–Crippen MR) is 106 cm³/mol. The van der Waals surface area contributed by atoms with Gasteiger partial charge in [-0.2, -0.15) is 4.31 Å². The fourth-order valence-electron chi connectivity index (χ4n) is 3.85. The lowest BCUT2D eigenvalue weighted by atomic mass is 10.1. The van der Waals surface area contributed by atoms with Crippen molar-refractivity contribution in [2.75, 3.05) is 32.7 Å². The van der Waals surface area contributed by atoms with Gasteiger partial charge in [0.05, 0.1) is 22.7 Å². The minimum atomic E-state index is -3.61. The van der Waals surface area contributed by atoms with Crippen LogP contribution >= 0.6 is 0 Å². The van der Waals surface area contributed by atoms with Gasteiger partial charge in [0.1, 0.15) is 6.10 Å². The van der Waals surface area contributed by atoms with Crippen LogP contribution in [0.3, 0.4) is 0 Å². The van der Waals surface area contributed by atoms with Crippen molar-refractivity contribution in [1.82, 2.24) is 9.21 Å². The maximum Gasteiger partial charge on any atom is 0.338 e. The number of likely N-dealkylation sites (tertiary alicyclic amines) is 1. The zero-order valence-electron chi connectivity index (χ0n) is 16.8. The van der Waals surface area contributed by atoms with E-state index in [9.17, 15) is 13.2 Å². The van der Waals surface area contributed by atoms with E-state index in [2.05, 4.69) is 11.8 Å². The second-order valence-corrected chi connectivity index (χ2v) is 9.60. The fraction of sp³-hybridized carbons (Fsp3) is 0.650. The zero-order valence-corrected chi connectivity index (χ0v) is 17.7. The summed E-state index contributed by atoms with van der Waals surface area (Å²) in [6.07, 6.45) is 1.47. The first kappa shape index (κ1) is 21.2. The number of piperidine rings is 1. The van der Waals surface area contributed by atoms with E-state index in [0.717, 1.165) is 32.5 Å². The molecule has 156 valence electrons. The highest BCUT2D eigenvalue weighted by Crippen LogP contribution is 2.22. The monoisotopic (exact) mass is 410 g/mol. The average Bonchev–Trinajstić information content (AvgIpc) is 2.67. The number of carbonyl (C=O) groups is 1. The molecule has 2 aliphatic rings. The van der Waals surface area contributed by atoms with Crippen LogP contribution in [0.2, 0.25) is 0 Å². The third-order valence-electron chi connectivity index (χ3n) is 5.30. The summed E-state index contributed by atoms with van der Waals surface area (Å²) in [6.45, 7) is 9.21. The first-order chi connectivity index (χ1) is 13.3. The molecule has 1 aromatic carbocycles. The van der Waals surface area contributed by atoms with Crippen LogP contribution in [-0.2, 0) is 19.5 Å². The minimum Gasteiger partial charge on any atom is -0.457 e. The van der Waals surface area contributed by atoms with Crippen LogP contribution in [0.5, 0.6) is 0 Å². The summed E-state index contributed by atoms with van der Waals surface area (Å²) in [7, 11) is -3.61. The Balaban J connectivity index is 1.66. The molecular weight excluding hydrogens is 380 g/mol. The number of benzene rings is 1. The van der Waals surface area contributed by atoms with Gasteiger partial charge in [-0.3, -0.25) is 4.90 Å². The highest BCUT2D eigenvalue weighted by Gasteiger charge is 2.32. The molecule has 2 saturated heterocycles. The van der Waals surface area contributed by atoms with Crippen LogP contribution in [0.1, 0.15) is 44.0 Å². The van der Waals surface area contributed by atoms with Crippen LogP contribution in [0.4, 0.5) is 0 Å². The van der Waals surface area contributed by atoms with E-state index in [1.54, 1.807) is 0 Å². The normalized spacial score (nSPS) is 27.5. The van der Waals surface area contributed by atoms with Crippen molar-refractivity contribution in [3.8, 4) is 0 Å². The van der Waals surface area contributed by atoms with E-state index in [-0.39, 0.29) is 23.2 Å². The SMILES string of the molecule is CCN1CCCC(OC(=O)c2ccc(S(=O)(=O)N3CC(C)OC(C)C3)cc2)C1. The van der Waals surface area contributed by atoms with Gasteiger partial charge < -0.3 is 9.47 Å². The van der Waals surface area contributed by atoms with Crippen LogP contribution in [0.15, 0.2) is 29.2 Å². The second kappa shape index (κ2) is 8.90. The Morgan fingerprint density at radius 3 is 2.39 bits per heavy atom. The van der Waals surface area contributed by atoms with E-state index >= 15 is 0 Å². The number of rotatable bonds is 5. The smallest absolute Gasteiger partial charge is 0.338 e. The molecule has 0 amide bonds. The van der Waals surface area contributed by atoms with Crippen molar-refractivity contribution in [2.45, 2.75) is 56.8 Å². The summed E-state index contributed by atoms with van der Waals surface area (Å²) in [6, 6.07) is 6.03. The number of hydrogen-bond donors (Lipinski definition) is 0. The number of sulfonamides is 1. The fourth-order valence-corrected chi connectivity index (χ4v) is 5.45. The van der Waals surface area contributed by atoms with Crippen molar-refractivity contribution in [1.29, 1.82) is 0 Å². The molecule has 3 atom stereocenters. The molecule has 0 bridgehead atoms. The molecule has 2 heterocycles. The highest BCUT2D eigenvalue weighted by molar-refractivity contribution is 7.89. The van der Waals surface area contributed by atoms with Crippen LogP contribution < -0.4 is 0 Å². The highest BCUT2D eigenvalue weighted by atomic mass is 32.2.